The van der Waals surface area contributed by atoms with Gasteiger partial charge in [0.05, 0.1) is 13.2 Å². The van der Waals surface area contributed by atoms with Gasteiger partial charge in [-0.1, -0.05) is 6.07 Å². The molecule has 0 aromatic heterocycles. The van der Waals surface area contributed by atoms with Crippen LogP contribution in [0.2, 0.25) is 0 Å². The van der Waals surface area contributed by atoms with Gasteiger partial charge in [0.15, 0.2) is 11.5 Å². The number of phenolic OH excluding ortho intramolecular Hbond substituents is 2. The number of aromatic hydroxyl groups is 2. The molecule has 1 saturated heterocycles. The molecule has 0 unspecified atom stereocenters. The van der Waals surface area contributed by atoms with Gasteiger partial charge in [0.2, 0.25) is 0 Å². The van der Waals surface area contributed by atoms with Gasteiger partial charge in [0.1, 0.15) is 0 Å². The second-order valence-corrected chi connectivity index (χ2v) is 4.45. The van der Waals surface area contributed by atoms with Crippen molar-refractivity contribution in [2.75, 3.05) is 39.4 Å². The number of hydrogen-bond donors (Lipinski definition) is 3. The van der Waals surface area contributed by atoms with Crippen molar-refractivity contribution >= 4 is 0 Å². The first-order valence-electron chi connectivity index (χ1n) is 6.27. The third-order valence-corrected chi connectivity index (χ3v) is 3.08. The third kappa shape index (κ3) is 3.87. The Morgan fingerprint density at radius 1 is 1.17 bits per heavy atom. The topological polar surface area (TPSA) is 65.0 Å². The molecule has 1 fully saturated rings. The number of nitrogens with zero attached hydrogens (tertiary/aromatic N) is 1. The molecule has 1 aliphatic rings. The highest BCUT2D eigenvalue weighted by Gasteiger charge is 2.09. The van der Waals surface area contributed by atoms with Crippen LogP contribution in [0.25, 0.3) is 0 Å². The van der Waals surface area contributed by atoms with Crippen LogP contribution in [-0.4, -0.2) is 54.5 Å². The zero-order chi connectivity index (χ0) is 12.8. The third-order valence-electron chi connectivity index (χ3n) is 3.08. The summed E-state index contributed by atoms with van der Waals surface area (Å²) in [6, 6.07) is 4.89. The van der Waals surface area contributed by atoms with E-state index >= 15 is 0 Å². The number of hydrogen-bond acceptors (Lipinski definition) is 5. The molecule has 0 spiro atoms. The Balaban J connectivity index is 1.66. The standard InChI is InChI=1S/C13H20N2O3/c16-12-2-1-11(9-13(12)17)10-14-3-4-15-5-7-18-8-6-15/h1-2,9,14,16-17H,3-8,10H2. The highest BCUT2D eigenvalue weighted by atomic mass is 16.5. The summed E-state index contributed by atoms with van der Waals surface area (Å²) >= 11 is 0. The molecule has 5 nitrogen and oxygen atoms in total. The van der Waals surface area contributed by atoms with Gasteiger partial charge < -0.3 is 20.3 Å². The predicted octanol–water partition coefficient (Wildman–Crippen LogP) is 0.520. The highest BCUT2D eigenvalue weighted by molar-refractivity contribution is 5.40. The van der Waals surface area contributed by atoms with E-state index in [4.69, 9.17) is 4.74 Å². The molecule has 100 valence electrons. The van der Waals surface area contributed by atoms with Crippen LogP contribution in [0.4, 0.5) is 0 Å². The average Bonchev–Trinajstić information content (AvgIpc) is 2.40. The molecule has 0 amide bonds. The minimum atomic E-state index is -0.0768. The van der Waals surface area contributed by atoms with E-state index in [1.807, 2.05) is 0 Å². The fourth-order valence-electron chi connectivity index (χ4n) is 1.97. The van der Waals surface area contributed by atoms with Gasteiger partial charge >= 0.3 is 0 Å². The second kappa shape index (κ2) is 6.58. The van der Waals surface area contributed by atoms with Crippen LogP contribution < -0.4 is 5.32 Å². The molecule has 0 aliphatic carbocycles. The first kappa shape index (κ1) is 13.1. The molecule has 0 radical (unpaired) electrons. The number of ether oxygens (including phenoxy) is 1. The lowest BCUT2D eigenvalue weighted by Crippen LogP contribution is -2.40. The Morgan fingerprint density at radius 3 is 2.67 bits per heavy atom. The minimum Gasteiger partial charge on any atom is -0.504 e. The van der Waals surface area contributed by atoms with E-state index in [0.29, 0.717) is 6.54 Å². The first-order chi connectivity index (χ1) is 8.75. The van der Waals surface area contributed by atoms with Crippen LogP contribution in [0.5, 0.6) is 11.5 Å². The van der Waals surface area contributed by atoms with Crippen molar-refractivity contribution in [2.45, 2.75) is 6.54 Å². The van der Waals surface area contributed by atoms with Gasteiger partial charge in [-0.25, -0.2) is 0 Å². The maximum Gasteiger partial charge on any atom is 0.157 e. The minimum absolute atomic E-state index is 0.0671. The fraction of sp³-hybridized carbons (Fsp3) is 0.538. The summed E-state index contributed by atoms with van der Waals surface area (Å²) in [6.07, 6.45) is 0. The Hall–Kier alpha value is -1.30. The number of morpholine rings is 1. The molecular weight excluding hydrogens is 232 g/mol. The molecule has 1 aliphatic heterocycles. The van der Waals surface area contributed by atoms with E-state index in [-0.39, 0.29) is 11.5 Å². The van der Waals surface area contributed by atoms with Crippen molar-refractivity contribution in [1.82, 2.24) is 10.2 Å². The molecule has 18 heavy (non-hydrogen) atoms. The molecule has 0 saturated carbocycles. The summed E-state index contributed by atoms with van der Waals surface area (Å²) in [5, 5.41) is 21.9. The number of nitrogens with one attached hydrogen (secondary N) is 1. The lowest BCUT2D eigenvalue weighted by molar-refractivity contribution is 0.0384. The van der Waals surface area contributed by atoms with Crippen LogP contribution in [0.3, 0.4) is 0 Å². The number of rotatable bonds is 5. The zero-order valence-electron chi connectivity index (χ0n) is 10.4. The van der Waals surface area contributed by atoms with Crippen LogP contribution in [-0.2, 0) is 11.3 Å². The van der Waals surface area contributed by atoms with E-state index in [0.717, 1.165) is 45.0 Å². The summed E-state index contributed by atoms with van der Waals surface area (Å²) in [4.78, 5) is 2.37. The number of phenols is 2. The van der Waals surface area contributed by atoms with Crippen LogP contribution >= 0.6 is 0 Å². The van der Waals surface area contributed by atoms with E-state index in [1.54, 1.807) is 12.1 Å². The van der Waals surface area contributed by atoms with Crippen molar-refractivity contribution in [3.63, 3.8) is 0 Å². The van der Waals surface area contributed by atoms with Gasteiger partial charge in [0, 0.05) is 32.7 Å². The first-order valence-corrected chi connectivity index (χ1v) is 6.27. The zero-order valence-corrected chi connectivity index (χ0v) is 10.4. The maximum absolute atomic E-state index is 9.36. The molecule has 5 heteroatoms. The van der Waals surface area contributed by atoms with Crippen molar-refractivity contribution in [3.8, 4) is 11.5 Å². The SMILES string of the molecule is Oc1ccc(CNCCN2CCOCC2)cc1O. The molecule has 1 heterocycles. The molecular formula is C13H20N2O3. The molecule has 0 atom stereocenters. The van der Waals surface area contributed by atoms with Gasteiger partial charge in [-0.15, -0.1) is 0 Å². The molecule has 0 bridgehead atoms. The lowest BCUT2D eigenvalue weighted by Gasteiger charge is -2.26. The predicted molar refractivity (Wildman–Crippen MR) is 68.7 cm³/mol. The largest absolute Gasteiger partial charge is 0.504 e. The van der Waals surface area contributed by atoms with Crippen molar-refractivity contribution in [2.24, 2.45) is 0 Å². The molecule has 2 rings (SSSR count). The van der Waals surface area contributed by atoms with Crippen LogP contribution in [0.1, 0.15) is 5.56 Å². The van der Waals surface area contributed by atoms with Crippen LogP contribution in [0, 0.1) is 0 Å². The van der Waals surface area contributed by atoms with Crippen LogP contribution in [0.15, 0.2) is 18.2 Å². The second-order valence-electron chi connectivity index (χ2n) is 4.45. The molecule has 1 aromatic rings. The summed E-state index contributed by atoms with van der Waals surface area (Å²) in [7, 11) is 0. The lowest BCUT2D eigenvalue weighted by atomic mass is 10.2. The monoisotopic (exact) mass is 252 g/mol. The Labute approximate surface area is 107 Å². The summed E-state index contributed by atoms with van der Waals surface area (Å²) in [5.41, 5.74) is 0.965. The van der Waals surface area contributed by atoms with E-state index < -0.39 is 0 Å². The van der Waals surface area contributed by atoms with Crippen molar-refractivity contribution in [3.05, 3.63) is 23.8 Å². The maximum atomic E-state index is 9.36. The number of benzene rings is 1. The van der Waals surface area contributed by atoms with Gasteiger partial charge in [-0.2, -0.15) is 0 Å². The van der Waals surface area contributed by atoms with E-state index in [9.17, 15) is 10.2 Å². The van der Waals surface area contributed by atoms with Crippen molar-refractivity contribution in [1.29, 1.82) is 0 Å². The highest BCUT2D eigenvalue weighted by Crippen LogP contribution is 2.24. The van der Waals surface area contributed by atoms with Gasteiger partial charge in [-0.05, 0) is 17.7 Å². The molecule has 1 aromatic carbocycles. The summed E-state index contributed by atoms with van der Waals surface area (Å²) < 4.78 is 5.29. The quantitative estimate of drug-likeness (QED) is 0.527. The normalized spacial score (nSPS) is 16.9. The Bertz CT molecular complexity index is 378. The summed E-state index contributed by atoms with van der Waals surface area (Å²) in [5.74, 6) is -0.144. The molecule has 3 N–H and O–H groups in total. The Morgan fingerprint density at radius 2 is 1.94 bits per heavy atom. The van der Waals surface area contributed by atoms with E-state index in [2.05, 4.69) is 10.2 Å². The van der Waals surface area contributed by atoms with Gasteiger partial charge in [0.25, 0.3) is 0 Å². The smallest absolute Gasteiger partial charge is 0.157 e. The van der Waals surface area contributed by atoms with Gasteiger partial charge in [-0.3, -0.25) is 4.90 Å². The Kier molecular flexibility index (Phi) is 4.81. The summed E-state index contributed by atoms with van der Waals surface area (Å²) in [6.45, 7) is 6.26. The fourth-order valence-corrected chi connectivity index (χ4v) is 1.97. The average molecular weight is 252 g/mol. The van der Waals surface area contributed by atoms with E-state index in [1.165, 1.54) is 6.07 Å². The van der Waals surface area contributed by atoms with Crippen molar-refractivity contribution < 1.29 is 14.9 Å².